The predicted octanol–water partition coefficient (Wildman–Crippen LogP) is 4.24. The van der Waals surface area contributed by atoms with Gasteiger partial charge in [-0.15, -0.1) is 0 Å². The summed E-state index contributed by atoms with van der Waals surface area (Å²) in [6.45, 7) is 0.985. The molecule has 5 heteroatoms. The van der Waals surface area contributed by atoms with E-state index in [9.17, 15) is 9.90 Å². The lowest BCUT2D eigenvalue weighted by Gasteiger charge is -2.07. The van der Waals surface area contributed by atoms with Gasteiger partial charge in [-0.3, -0.25) is 4.79 Å². The highest BCUT2D eigenvalue weighted by atomic mass is 16.3. The third-order valence-corrected chi connectivity index (χ3v) is 4.86. The molecule has 0 fully saturated rings. The van der Waals surface area contributed by atoms with Gasteiger partial charge in [0.25, 0.3) is 0 Å². The van der Waals surface area contributed by atoms with E-state index in [1.807, 2.05) is 36.4 Å². The van der Waals surface area contributed by atoms with Gasteiger partial charge >= 0.3 is 0 Å². The number of carbonyl (C=O) groups excluding carboxylic acids is 1. The lowest BCUT2D eigenvalue weighted by molar-refractivity contribution is -0.121. The van der Waals surface area contributed by atoms with Crippen molar-refractivity contribution in [1.82, 2.24) is 9.88 Å². The second kappa shape index (κ2) is 8.05. The van der Waals surface area contributed by atoms with Crippen LogP contribution in [-0.4, -0.2) is 15.6 Å². The minimum absolute atomic E-state index is 0.00562. The van der Waals surface area contributed by atoms with E-state index in [2.05, 4.69) is 28.2 Å². The molecular formula is C23H22N2O3. The fourth-order valence-electron chi connectivity index (χ4n) is 3.42. The number of benzene rings is 2. The molecule has 2 N–H and O–H groups in total. The molecule has 0 aliphatic rings. The number of furan rings is 1. The maximum atomic E-state index is 12.2. The first-order valence-corrected chi connectivity index (χ1v) is 9.33. The third kappa shape index (κ3) is 3.93. The fourth-order valence-corrected chi connectivity index (χ4v) is 3.42. The van der Waals surface area contributed by atoms with Gasteiger partial charge in [0.05, 0.1) is 19.4 Å². The van der Waals surface area contributed by atoms with Crippen LogP contribution in [0.25, 0.3) is 10.9 Å². The Hall–Kier alpha value is -3.47. The van der Waals surface area contributed by atoms with Gasteiger partial charge in [-0.25, -0.2) is 0 Å². The lowest BCUT2D eigenvalue weighted by Crippen LogP contribution is -2.22. The molecule has 0 spiro atoms. The van der Waals surface area contributed by atoms with Crippen LogP contribution in [0.2, 0.25) is 0 Å². The fraction of sp³-hybridized carbons (Fsp3) is 0.174. The molecule has 0 unspecified atom stereocenters. The Bertz CT molecular complexity index is 1080. The largest absolute Gasteiger partial charge is 0.508 e. The van der Waals surface area contributed by atoms with E-state index in [1.165, 1.54) is 0 Å². The summed E-state index contributed by atoms with van der Waals surface area (Å²) in [5.41, 5.74) is 3.09. The van der Waals surface area contributed by atoms with Gasteiger partial charge in [-0.05, 0) is 36.2 Å². The molecule has 1 amide bonds. The highest BCUT2D eigenvalue weighted by Crippen LogP contribution is 2.25. The maximum Gasteiger partial charge on any atom is 0.220 e. The smallest absolute Gasteiger partial charge is 0.220 e. The molecule has 2 aromatic heterocycles. The van der Waals surface area contributed by atoms with Crippen molar-refractivity contribution in [3.63, 3.8) is 0 Å². The third-order valence-electron chi connectivity index (χ3n) is 4.86. The van der Waals surface area contributed by atoms with Crippen molar-refractivity contribution < 1.29 is 14.3 Å². The number of carbonyl (C=O) groups is 1. The standard InChI is InChI=1S/C23H22N2O3/c26-22-10-4-1-6-18(22)16-25-15-17(20-8-2-3-9-21(20)25)11-12-23(27)24-14-19-7-5-13-28-19/h1-10,13,15,26H,11-12,14,16H2,(H,24,27). The molecule has 5 nitrogen and oxygen atoms in total. The van der Waals surface area contributed by atoms with Crippen molar-refractivity contribution in [2.24, 2.45) is 0 Å². The average molecular weight is 374 g/mol. The van der Waals surface area contributed by atoms with E-state index in [0.717, 1.165) is 27.8 Å². The van der Waals surface area contributed by atoms with E-state index in [0.29, 0.717) is 31.7 Å². The minimum atomic E-state index is -0.00562. The van der Waals surface area contributed by atoms with Gasteiger partial charge in [-0.1, -0.05) is 36.4 Å². The zero-order valence-electron chi connectivity index (χ0n) is 15.5. The Labute approximate surface area is 163 Å². The number of amides is 1. The minimum Gasteiger partial charge on any atom is -0.508 e. The van der Waals surface area contributed by atoms with Crippen LogP contribution in [0.5, 0.6) is 5.75 Å². The molecule has 28 heavy (non-hydrogen) atoms. The number of aromatic nitrogens is 1. The topological polar surface area (TPSA) is 67.4 Å². The number of nitrogens with one attached hydrogen (secondary N) is 1. The molecule has 0 aliphatic carbocycles. The average Bonchev–Trinajstić information content (AvgIpc) is 3.35. The molecule has 2 aromatic carbocycles. The van der Waals surface area contributed by atoms with Gasteiger partial charge in [0.2, 0.25) is 5.91 Å². The number of hydrogen-bond donors (Lipinski definition) is 2. The number of hydrogen-bond acceptors (Lipinski definition) is 3. The Morgan fingerprint density at radius 1 is 1.00 bits per heavy atom. The molecular weight excluding hydrogens is 352 g/mol. The first-order valence-electron chi connectivity index (χ1n) is 9.33. The van der Waals surface area contributed by atoms with Crippen molar-refractivity contribution in [3.05, 3.63) is 90.0 Å². The Balaban J connectivity index is 1.48. The zero-order valence-corrected chi connectivity index (χ0v) is 15.5. The van der Waals surface area contributed by atoms with Crippen molar-refractivity contribution in [1.29, 1.82) is 0 Å². The lowest BCUT2D eigenvalue weighted by atomic mass is 10.1. The molecule has 0 radical (unpaired) electrons. The van der Waals surface area contributed by atoms with Crippen LogP contribution < -0.4 is 5.32 Å². The first kappa shape index (κ1) is 17.9. The van der Waals surface area contributed by atoms with E-state index in [-0.39, 0.29) is 5.91 Å². The number of aryl methyl sites for hydroxylation is 1. The van der Waals surface area contributed by atoms with Crippen LogP contribution in [-0.2, 0) is 24.3 Å². The van der Waals surface area contributed by atoms with Crippen LogP contribution in [0, 0.1) is 0 Å². The molecule has 4 aromatic rings. The molecule has 2 heterocycles. The molecule has 0 atom stereocenters. The first-order chi connectivity index (χ1) is 13.7. The summed E-state index contributed by atoms with van der Waals surface area (Å²) >= 11 is 0. The van der Waals surface area contributed by atoms with Gasteiger partial charge in [0.1, 0.15) is 11.5 Å². The predicted molar refractivity (Wildman–Crippen MR) is 108 cm³/mol. The highest BCUT2D eigenvalue weighted by Gasteiger charge is 2.12. The zero-order chi connectivity index (χ0) is 19.3. The van der Waals surface area contributed by atoms with Gasteiger partial charge in [0, 0.05) is 29.1 Å². The maximum absolute atomic E-state index is 12.2. The van der Waals surface area contributed by atoms with Crippen molar-refractivity contribution >= 4 is 16.8 Å². The second-order valence-corrected chi connectivity index (χ2v) is 6.78. The van der Waals surface area contributed by atoms with Crippen LogP contribution in [0.15, 0.2) is 77.5 Å². The number of nitrogens with zero attached hydrogens (tertiary/aromatic N) is 1. The van der Waals surface area contributed by atoms with E-state index < -0.39 is 0 Å². The summed E-state index contributed by atoms with van der Waals surface area (Å²) < 4.78 is 7.36. The summed E-state index contributed by atoms with van der Waals surface area (Å²) in [4.78, 5) is 12.2. The monoisotopic (exact) mass is 374 g/mol. The normalized spacial score (nSPS) is 11.0. The Morgan fingerprint density at radius 2 is 1.82 bits per heavy atom. The van der Waals surface area contributed by atoms with E-state index >= 15 is 0 Å². The van der Waals surface area contributed by atoms with Crippen LogP contribution in [0.1, 0.15) is 23.3 Å². The number of fused-ring (bicyclic) bond motifs is 1. The summed E-state index contributed by atoms with van der Waals surface area (Å²) in [5, 5.41) is 14.1. The van der Waals surface area contributed by atoms with E-state index in [4.69, 9.17) is 4.42 Å². The molecule has 0 bridgehead atoms. The Morgan fingerprint density at radius 3 is 2.64 bits per heavy atom. The summed E-state index contributed by atoms with van der Waals surface area (Å²) in [6, 6.07) is 19.2. The quantitative estimate of drug-likeness (QED) is 0.508. The number of phenolic OH excluding ortho intramolecular Hbond substituents is 1. The summed E-state index contributed by atoms with van der Waals surface area (Å²) in [5.74, 6) is 1.03. The number of rotatable bonds is 7. The number of aromatic hydroxyl groups is 1. The second-order valence-electron chi connectivity index (χ2n) is 6.78. The van der Waals surface area contributed by atoms with Crippen molar-refractivity contribution in [2.75, 3.05) is 0 Å². The summed E-state index contributed by atoms with van der Waals surface area (Å²) in [7, 11) is 0. The van der Waals surface area contributed by atoms with Crippen LogP contribution >= 0.6 is 0 Å². The van der Waals surface area contributed by atoms with Crippen molar-refractivity contribution in [3.8, 4) is 5.75 Å². The molecule has 0 aliphatic heterocycles. The molecule has 0 saturated carbocycles. The number of para-hydroxylation sites is 2. The van der Waals surface area contributed by atoms with Crippen molar-refractivity contribution in [2.45, 2.75) is 25.9 Å². The SMILES string of the molecule is O=C(CCc1cn(Cc2ccccc2O)c2ccccc12)NCc1ccco1. The van der Waals surface area contributed by atoms with Gasteiger partial charge < -0.3 is 19.4 Å². The van der Waals surface area contributed by atoms with Gasteiger partial charge in [-0.2, -0.15) is 0 Å². The molecule has 0 saturated heterocycles. The number of phenols is 1. The molecule has 142 valence electrons. The highest BCUT2D eigenvalue weighted by molar-refractivity contribution is 5.85. The van der Waals surface area contributed by atoms with Gasteiger partial charge in [0.15, 0.2) is 0 Å². The van der Waals surface area contributed by atoms with Crippen LogP contribution in [0.3, 0.4) is 0 Å². The van der Waals surface area contributed by atoms with Crippen LogP contribution in [0.4, 0.5) is 0 Å². The van der Waals surface area contributed by atoms with E-state index in [1.54, 1.807) is 18.4 Å². The molecule has 4 rings (SSSR count). The Kier molecular flexibility index (Phi) is 5.15. The summed E-state index contributed by atoms with van der Waals surface area (Å²) in [6.07, 6.45) is 4.74.